The van der Waals surface area contributed by atoms with Gasteiger partial charge in [-0.25, -0.2) is 13.2 Å². The Morgan fingerprint density at radius 2 is 1.94 bits per heavy atom. The maximum absolute atomic E-state index is 13.3. The molecule has 31 heavy (non-hydrogen) atoms. The topological polar surface area (TPSA) is 76.2 Å². The van der Waals surface area contributed by atoms with Crippen LogP contribution < -0.4 is 9.64 Å². The Balaban J connectivity index is 1.54. The molecule has 2 heterocycles. The van der Waals surface area contributed by atoms with E-state index in [0.29, 0.717) is 42.8 Å². The number of piperidine rings is 1. The molecule has 0 aliphatic carbocycles. The first-order valence-electron chi connectivity index (χ1n) is 9.98. The van der Waals surface area contributed by atoms with Gasteiger partial charge in [-0.05, 0) is 78.8 Å². The lowest BCUT2D eigenvalue weighted by atomic mass is 10.0. The van der Waals surface area contributed by atoms with Gasteiger partial charge in [0.15, 0.2) is 0 Å². The molecule has 0 radical (unpaired) electrons. The van der Waals surface area contributed by atoms with Crippen LogP contribution in [0.5, 0.6) is 5.75 Å². The number of anilines is 1. The van der Waals surface area contributed by atoms with Gasteiger partial charge in [-0.15, -0.1) is 0 Å². The van der Waals surface area contributed by atoms with Gasteiger partial charge < -0.3 is 9.47 Å². The summed E-state index contributed by atoms with van der Waals surface area (Å²) in [5.74, 6) is 0.343. The maximum atomic E-state index is 13.3. The quantitative estimate of drug-likeness (QED) is 0.451. The van der Waals surface area contributed by atoms with Crippen LogP contribution in [-0.2, 0) is 21.4 Å². The first kappa shape index (κ1) is 22.8. The molecule has 2 aromatic carbocycles. The predicted molar refractivity (Wildman–Crippen MR) is 129 cm³/mol. The summed E-state index contributed by atoms with van der Waals surface area (Å²) in [5, 5.41) is 0. The van der Waals surface area contributed by atoms with Crippen LogP contribution in [0, 0.1) is 3.57 Å². The highest BCUT2D eigenvalue weighted by Crippen LogP contribution is 2.35. The highest BCUT2D eigenvalue weighted by Gasteiger charge is 2.38. The number of carbonyl (C=O) groups excluding carboxylic acids is 1. The maximum Gasteiger partial charge on any atom is 0.414 e. The molecule has 0 aromatic heterocycles. The molecule has 0 atom stereocenters. The molecule has 0 spiro atoms. The zero-order valence-electron chi connectivity index (χ0n) is 16.9. The van der Waals surface area contributed by atoms with E-state index in [1.54, 1.807) is 23.1 Å². The molecule has 0 N–H and O–H groups in total. The molecule has 166 valence electrons. The fourth-order valence-corrected chi connectivity index (χ4v) is 6.69. The monoisotopic (exact) mass is 620 g/mol. The van der Waals surface area contributed by atoms with E-state index in [2.05, 4.69) is 38.5 Å². The Labute approximate surface area is 204 Å². The summed E-state index contributed by atoms with van der Waals surface area (Å²) < 4.78 is 40.8. The molecule has 2 aromatic rings. The first-order chi connectivity index (χ1) is 14.8. The van der Waals surface area contributed by atoms with Crippen molar-refractivity contribution in [2.45, 2.75) is 37.3 Å². The number of rotatable bonds is 5. The lowest BCUT2D eigenvalue weighted by Crippen LogP contribution is -2.50. The minimum Gasteiger partial charge on any atom is -0.492 e. The van der Waals surface area contributed by atoms with Crippen LogP contribution in [0.3, 0.4) is 0 Å². The minimum absolute atomic E-state index is 0.119. The van der Waals surface area contributed by atoms with E-state index in [1.165, 1.54) is 4.31 Å². The Bertz CT molecular complexity index is 1100. The number of sulfonamides is 1. The number of ether oxygens (including phenoxy) is 2. The molecule has 7 nitrogen and oxygen atoms in total. The molecule has 2 aliphatic rings. The number of benzene rings is 2. The number of hydrogen-bond donors (Lipinski definition) is 0. The van der Waals surface area contributed by atoms with E-state index in [1.807, 2.05) is 25.1 Å². The SMILES string of the molecule is CCOc1ccc(Br)cc1S(=O)(=O)N1CCC(N2C(=O)OCc3cc(I)ccc32)CC1. The van der Waals surface area contributed by atoms with Crippen LogP contribution in [0.1, 0.15) is 25.3 Å². The molecule has 2 aliphatic heterocycles. The van der Waals surface area contributed by atoms with E-state index >= 15 is 0 Å². The molecule has 0 saturated carbocycles. The molecule has 0 bridgehead atoms. The van der Waals surface area contributed by atoms with Crippen LogP contribution in [0.25, 0.3) is 0 Å². The summed E-state index contributed by atoms with van der Waals surface area (Å²) in [6.07, 6.45) is 0.677. The van der Waals surface area contributed by atoms with Crippen molar-refractivity contribution in [3.05, 3.63) is 50.0 Å². The molecule has 1 amide bonds. The van der Waals surface area contributed by atoms with Crippen LogP contribution in [-0.4, -0.2) is 44.6 Å². The van der Waals surface area contributed by atoms with Crippen LogP contribution in [0.4, 0.5) is 10.5 Å². The predicted octanol–water partition coefficient (Wildman–Crippen LogP) is 4.76. The molecule has 10 heteroatoms. The Hall–Kier alpha value is -1.37. The molecule has 4 rings (SSSR count). The van der Waals surface area contributed by atoms with Gasteiger partial charge in [0.1, 0.15) is 17.3 Å². The Kier molecular flexibility index (Phi) is 6.80. The van der Waals surface area contributed by atoms with E-state index in [4.69, 9.17) is 9.47 Å². The Morgan fingerprint density at radius 1 is 1.19 bits per heavy atom. The van der Waals surface area contributed by atoms with Crippen molar-refractivity contribution in [3.8, 4) is 5.75 Å². The second kappa shape index (κ2) is 9.24. The molecule has 1 fully saturated rings. The molecule has 0 unspecified atom stereocenters. The average Bonchev–Trinajstić information content (AvgIpc) is 2.75. The lowest BCUT2D eigenvalue weighted by molar-refractivity contribution is 0.135. The van der Waals surface area contributed by atoms with Gasteiger partial charge >= 0.3 is 6.09 Å². The summed E-state index contributed by atoms with van der Waals surface area (Å²) in [5.41, 5.74) is 1.82. The molecular weight excluding hydrogens is 599 g/mol. The smallest absolute Gasteiger partial charge is 0.414 e. The average molecular weight is 621 g/mol. The number of fused-ring (bicyclic) bond motifs is 1. The number of hydrogen-bond acceptors (Lipinski definition) is 5. The van der Waals surface area contributed by atoms with Crippen LogP contribution >= 0.6 is 38.5 Å². The van der Waals surface area contributed by atoms with Gasteiger partial charge in [-0.3, -0.25) is 4.90 Å². The molecule has 1 saturated heterocycles. The van der Waals surface area contributed by atoms with E-state index in [-0.39, 0.29) is 23.6 Å². The number of amides is 1. The van der Waals surface area contributed by atoms with Crippen molar-refractivity contribution in [1.29, 1.82) is 0 Å². The fourth-order valence-electron chi connectivity index (χ4n) is 4.00. The van der Waals surface area contributed by atoms with Crippen molar-refractivity contribution < 1.29 is 22.7 Å². The largest absolute Gasteiger partial charge is 0.492 e. The van der Waals surface area contributed by atoms with Gasteiger partial charge in [-0.1, -0.05) is 15.9 Å². The number of carbonyl (C=O) groups is 1. The number of cyclic esters (lactones) is 1. The summed E-state index contributed by atoms with van der Waals surface area (Å²) in [6.45, 7) is 3.09. The second-order valence-corrected chi connectivity index (χ2v) is 11.4. The van der Waals surface area contributed by atoms with Crippen LogP contribution in [0.15, 0.2) is 45.8 Å². The van der Waals surface area contributed by atoms with E-state index in [9.17, 15) is 13.2 Å². The van der Waals surface area contributed by atoms with Crippen LogP contribution in [0.2, 0.25) is 0 Å². The summed E-state index contributed by atoms with van der Waals surface area (Å²) in [6, 6.07) is 10.8. The van der Waals surface area contributed by atoms with Gasteiger partial charge in [0.05, 0.1) is 12.3 Å². The van der Waals surface area contributed by atoms with Crippen molar-refractivity contribution in [2.75, 3.05) is 24.6 Å². The van der Waals surface area contributed by atoms with Gasteiger partial charge in [0.25, 0.3) is 0 Å². The van der Waals surface area contributed by atoms with Gasteiger partial charge in [0.2, 0.25) is 10.0 Å². The summed E-state index contributed by atoms with van der Waals surface area (Å²) in [7, 11) is -3.73. The van der Waals surface area contributed by atoms with Crippen molar-refractivity contribution in [1.82, 2.24) is 4.31 Å². The van der Waals surface area contributed by atoms with Crippen molar-refractivity contribution >= 4 is 60.3 Å². The third kappa shape index (κ3) is 4.57. The fraction of sp³-hybridized carbons (Fsp3) is 0.381. The second-order valence-electron chi connectivity index (χ2n) is 7.36. The third-order valence-corrected chi connectivity index (χ3v) is 8.55. The highest BCUT2D eigenvalue weighted by atomic mass is 127. The zero-order chi connectivity index (χ0) is 22.2. The van der Waals surface area contributed by atoms with Gasteiger partial charge in [-0.2, -0.15) is 4.31 Å². The highest BCUT2D eigenvalue weighted by molar-refractivity contribution is 14.1. The van der Waals surface area contributed by atoms with Crippen molar-refractivity contribution in [2.24, 2.45) is 0 Å². The van der Waals surface area contributed by atoms with Crippen molar-refractivity contribution in [3.63, 3.8) is 0 Å². The number of halogens is 2. The first-order valence-corrected chi connectivity index (χ1v) is 13.3. The Morgan fingerprint density at radius 3 is 2.65 bits per heavy atom. The van der Waals surface area contributed by atoms with E-state index < -0.39 is 10.0 Å². The normalized spacial score (nSPS) is 17.9. The third-order valence-electron chi connectivity index (χ3n) is 5.46. The minimum atomic E-state index is -3.73. The van der Waals surface area contributed by atoms with Gasteiger partial charge in [0, 0.05) is 32.7 Å². The number of nitrogens with zero attached hydrogens (tertiary/aromatic N) is 2. The van der Waals surface area contributed by atoms with E-state index in [0.717, 1.165) is 14.8 Å². The lowest BCUT2D eigenvalue weighted by Gasteiger charge is -2.39. The summed E-state index contributed by atoms with van der Waals surface area (Å²) in [4.78, 5) is 14.4. The summed E-state index contributed by atoms with van der Waals surface area (Å²) >= 11 is 5.59. The molecular formula is C21H22BrIN2O5S. The zero-order valence-corrected chi connectivity index (χ0v) is 21.4. The standard InChI is InChI=1S/C21H22BrIN2O5S/c1-2-29-19-6-3-15(22)12-20(19)31(27,28)24-9-7-17(8-10-24)25-18-5-4-16(23)11-14(18)13-30-21(25)26/h3-6,11-12,17H,2,7-10,13H2,1H3.